The first-order valence-corrected chi connectivity index (χ1v) is 9.29. The van der Waals surface area contributed by atoms with Crippen LogP contribution in [0.15, 0.2) is 103 Å². The molecule has 0 aromatic heterocycles. The molecule has 0 nitrogen and oxygen atoms in total. The molecular formula is C25H19Cl. The fourth-order valence-electron chi connectivity index (χ4n) is 3.29. The first kappa shape index (κ1) is 16.6. The topological polar surface area (TPSA) is 0 Å². The summed E-state index contributed by atoms with van der Waals surface area (Å²) in [4.78, 5) is 0. The predicted molar refractivity (Wildman–Crippen MR) is 115 cm³/mol. The van der Waals surface area contributed by atoms with Crippen LogP contribution in [0.25, 0.3) is 32.3 Å². The number of benzene rings is 5. The van der Waals surface area contributed by atoms with Gasteiger partial charge in [0.05, 0.1) is 0 Å². The van der Waals surface area contributed by atoms with Crippen LogP contribution in [-0.4, -0.2) is 0 Å². The summed E-state index contributed by atoms with van der Waals surface area (Å²) < 4.78 is 0. The fraction of sp³-hybridized carbons (Fsp3) is 0.0400. The van der Waals surface area contributed by atoms with Crippen molar-refractivity contribution >= 4 is 43.9 Å². The normalized spacial score (nSPS) is 10.7. The molecule has 0 radical (unpaired) electrons. The smallest absolute Gasteiger partial charge is 0.0480 e. The number of halogens is 1. The van der Waals surface area contributed by atoms with Crippen LogP contribution in [0.1, 0.15) is 5.56 Å². The van der Waals surface area contributed by atoms with Crippen LogP contribution in [0.4, 0.5) is 0 Å². The molecule has 0 spiro atoms. The molecule has 5 aromatic carbocycles. The largest absolute Gasteiger partial charge is 0.122 e. The molecule has 0 fully saturated rings. The predicted octanol–water partition coefficient (Wildman–Crippen LogP) is 7.57. The standard InChI is InChI=1S/C14H10.C11H9Cl/c1-2-6-12-10-14-8-4-3-7-13(14)9-11(12)5-1;12-8-10-6-3-5-9-4-1-2-7-11(9)10/h1-10H;1-7H,8H2. The van der Waals surface area contributed by atoms with Gasteiger partial charge in [0.1, 0.15) is 0 Å². The van der Waals surface area contributed by atoms with E-state index in [0.717, 1.165) is 0 Å². The van der Waals surface area contributed by atoms with Crippen molar-refractivity contribution in [1.82, 2.24) is 0 Å². The molecule has 5 aromatic rings. The van der Waals surface area contributed by atoms with E-state index in [9.17, 15) is 0 Å². The minimum Gasteiger partial charge on any atom is -0.122 e. The third-order valence-corrected chi connectivity index (χ3v) is 4.93. The lowest BCUT2D eigenvalue weighted by atomic mass is 10.0. The van der Waals surface area contributed by atoms with E-state index in [1.807, 2.05) is 18.2 Å². The van der Waals surface area contributed by atoms with Crippen molar-refractivity contribution in [2.45, 2.75) is 5.88 Å². The van der Waals surface area contributed by atoms with Crippen molar-refractivity contribution in [3.05, 3.63) is 109 Å². The maximum atomic E-state index is 5.81. The van der Waals surface area contributed by atoms with Gasteiger partial charge in [-0.15, -0.1) is 11.6 Å². The molecule has 0 unspecified atom stereocenters. The monoisotopic (exact) mass is 354 g/mol. The van der Waals surface area contributed by atoms with E-state index >= 15 is 0 Å². The Hall–Kier alpha value is -2.83. The minimum absolute atomic E-state index is 0.585. The molecule has 0 saturated heterocycles. The second kappa shape index (κ2) is 7.59. The van der Waals surface area contributed by atoms with Gasteiger partial charge in [-0.3, -0.25) is 0 Å². The van der Waals surface area contributed by atoms with Crippen molar-refractivity contribution in [3.63, 3.8) is 0 Å². The van der Waals surface area contributed by atoms with Gasteiger partial charge >= 0.3 is 0 Å². The summed E-state index contributed by atoms with van der Waals surface area (Å²) in [7, 11) is 0. The van der Waals surface area contributed by atoms with Crippen LogP contribution >= 0.6 is 11.6 Å². The van der Waals surface area contributed by atoms with Crippen LogP contribution in [0, 0.1) is 0 Å². The summed E-state index contributed by atoms with van der Waals surface area (Å²) in [5.41, 5.74) is 1.20. The van der Waals surface area contributed by atoms with Crippen LogP contribution in [0.5, 0.6) is 0 Å². The van der Waals surface area contributed by atoms with Gasteiger partial charge in [-0.1, -0.05) is 91.0 Å². The molecule has 0 amide bonds. The fourth-order valence-corrected chi connectivity index (χ4v) is 3.52. The molecule has 0 bridgehead atoms. The Kier molecular flexibility index (Phi) is 4.86. The van der Waals surface area contributed by atoms with Crippen molar-refractivity contribution in [2.75, 3.05) is 0 Å². The molecule has 0 aliphatic carbocycles. The molecule has 0 aliphatic heterocycles. The molecule has 0 atom stereocenters. The maximum Gasteiger partial charge on any atom is 0.0480 e. The maximum absolute atomic E-state index is 5.81. The zero-order valence-electron chi connectivity index (χ0n) is 14.4. The summed E-state index contributed by atoms with van der Waals surface area (Å²) in [6.45, 7) is 0. The zero-order valence-corrected chi connectivity index (χ0v) is 15.2. The summed E-state index contributed by atoms with van der Waals surface area (Å²) in [6, 6.07) is 35.9. The summed E-state index contributed by atoms with van der Waals surface area (Å²) in [6.07, 6.45) is 0. The molecule has 26 heavy (non-hydrogen) atoms. The second-order valence-corrected chi connectivity index (χ2v) is 6.59. The number of hydrogen-bond acceptors (Lipinski definition) is 0. The number of alkyl halides is 1. The molecule has 126 valence electrons. The summed E-state index contributed by atoms with van der Waals surface area (Å²) in [5.74, 6) is 0.585. The van der Waals surface area contributed by atoms with Crippen LogP contribution in [-0.2, 0) is 5.88 Å². The molecule has 1 heteroatoms. The van der Waals surface area contributed by atoms with Gasteiger partial charge in [0.25, 0.3) is 0 Å². The van der Waals surface area contributed by atoms with Crippen LogP contribution in [0.2, 0.25) is 0 Å². The van der Waals surface area contributed by atoms with Crippen molar-refractivity contribution < 1.29 is 0 Å². The Morgan fingerprint density at radius 2 is 0.885 bits per heavy atom. The zero-order chi connectivity index (χ0) is 17.8. The van der Waals surface area contributed by atoms with E-state index in [0.29, 0.717) is 5.88 Å². The molecule has 5 rings (SSSR count). The summed E-state index contributed by atoms with van der Waals surface area (Å²) in [5, 5.41) is 7.76. The average Bonchev–Trinajstić information content (AvgIpc) is 2.72. The lowest BCUT2D eigenvalue weighted by Crippen LogP contribution is -1.79. The van der Waals surface area contributed by atoms with Gasteiger partial charge in [0.2, 0.25) is 0 Å². The highest BCUT2D eigenvalue weighted by atomic mass is 35.5. The van der Waals surface area contributed by atoms with Crippen molar-refractivity contribution in [1.29, 1.82) is 0 Å². The molecule has 0 N–H and O–H groups in total. The van der Waals surface area contributed by atoms with E-state index in [4.69, 9.17) is 11.6 Å². The molecule has 0 heterocycles. The first-order chi connectivity index (χ1) is 12.8. The van der Waals surface area contributed by atoms with Gasteiger partial charge in [-0.2, -0.15) is 0 Å². The molecular weight excluding hydrogens is 336 g/mol. The van der Waals surface area contributed by atoms with Crippen molar-refractivity contribution in [2.24, 2.45) is 0 Å². The second-order valence-electron chi connectivity index (χ2n) is 6.32. The van der Waals surface area contributed by atoms with E-state index in [2.05, 4.69) is 84.9 Å². The minimum atomic E-state index is 0.585. The Balaban J connectivity index is 0.000000131. The van der Waals surface area contributed by atoms with E-state index in [1.165, 1.54) is 37.9 Å². The molecule has 0 saturated carbocycles. The van der Waals surface area contributed by atoms with Crippen LogP contribution in [0.3, 0.4) is 0 Å². The average molecular weight is 355 g/mol. The highest BCUT2D eigenvalue weighted by Crippen LogP contribution is 2.22. The Morgan fingerprint density at radius 3 is 1.38 bits per heavy atom. The third kappa shape index (κ3) is 3.42. The summed E-state index contributed by atoms with van der Waals surface area (Å²) >= 11 is 5.81. The number of fused-ring (bicyclic) bond motifs is 3. The van der Waals surface area contributed by atoms with Gasteiger partial charge in [0.15, 0.2) is 0 Å². The number of rotatable bonds is 1. The van der Waals surface area contributed by atoms with Crippen molar-refractivity contribution in [3.8, 4) is 0 Å². The van der Waals surface area contributed by atoms with Gasteiger partial charge < -0.3 is 0 Å². The number of hydrogen-bond donors (Lipinski definition) is 0. The van der Waals surface area contributed by atoms with E-state index < -0.39 is 0 Å². The Labute approximate surface area is 158 Å². The third-order valence-electron chi connectivity index (χ3n) is 4.64. The lowest BCUT2D eigenvalue weighted by Gasteiger charge is -2.01. The van der Waals surface area contributed by atoms with Crippen LogP contribution < -0.4 is 0 Å². The SMILES string of the molecule is ClCc1cccc2ccccc12.c1ccc2cc3ccccc3cc2c1. The van der Waals surface area contributed by atoms with Gasteiger partial charge in [0, 0.05) is 5.88 Å². The molecule has 0 aliphatic rings. The van der Waals surface area contributed by atoms with E-state index in [-0.39, 0.29) is 0 Å². The van der Waals surface area contributed by atoms with Gasteiger partial charge in [-0.05, 0) is 50.0 Å². The highest BCUT2D eigenvalue weighted by Gasteiger charge is 1.97. The Bertz CT molecular complexity index is 1060. The lowest BCUT2D eigenvalue weighted by molar-refractivity contribution is 1.45. The Morgan fingerprint density at radius 1 is 0.462 bits per heavy atom. The quantitative estimate of drug-likeness (QED) is 0.215. The first-order valence-electron chi connectivity index (χ1n) is 8.75. The van der Waals surface area contributed by atoms with E-state index in [1.54, 1.807) is 0 Å². The van der Waals surface area contributed by atoms with Gasteiger partial charge in [-0.25, -0.2) is 0 Å². The highest BCUT2D eigenvalue weighted by molar-refractivity contribution is 6.18.